The van der Waals surface area contributed by atoms with Crippen molar-refractivity contribution in [3.05, 3.63) is 60.4 Å². The Hall–Kier alpha value is -2.24. The van der Waals surface area contributed by atoms with Crippen molar-refractivity contribution in [2.75, 3.05) is 5.32 Å². The van der Waals surface area contributed by atoms with Gasteiger partial charge >= 0.3 is 0 Å². The van der Waals surface area contributed by atoms with E-state index in [4.69, 9.17) is 10.5 Å². The third kappa shape index (κ3) is 4.66. The van der Waals surface area contributed by atoms with Gasteiger partial charge in [0.05, 0.1) is 24.6 Å². The van der Waals surface area contributed by atoms with Crippen molar-refractivity contribution < 1.29 is 9.53 Å². The molecular weight excluding hydrogens is 266 g/mol. The maximum absolute atomic E-state index is 12.0. The van der Waals surface area contributed by atoms with Crippen LogP contribution in [0.15, 0.2) is 54.9 Å². The van der Waals surface area contributed by atoms with E-state index in [0.717, 1.165) is 5.56 Å². The minimum atomic E-state index is -0.742. The lowest BCUT2D eigenvalue weighted by Crippen LogP contribution is -2.45. The van der Waals surface area contributed by atoms with Crippen LogP contribution in [0.25, 0.3) is 0 Å². The van der Waals surface area contributed by atoms with Crippen molar-refractivity contribution in [2.24, 2.45) is 5.73 Å². The van der Waals surface area contributed by atoms with Gasteiger partial charge in [-0.3, -0.25) is 9.78 Å². The summed E-state index contributed by atoms with van der Waals surface area (Å²) in [6, 6.07) is 12.5. The lowest BCUT2D eigenvalue weighted by molar-refractivity contribution is -0.120. The van der Waals surface area contributed by atoms with E-state index in [9.17, 15) is 4.79 Å². The van der Waals surface area contributed by atoms with Gasteiger partial charge in [-0.15, -0.1) is 0 Å². The summed E-state index contributed by atoms with van der Waals surface area (Å²) in [5.41, 5.74) is 7.58. The lowest BCUT2D eigenvalue weighted by atomic mass is 10.1. The van der Waals surface area contributed by atoms with E-state index in [1.165, 1.54) is 0 Å². The molecule has 1 aromatic carbocycles. The molecule has 2 atom stereocenters. The second kappa shape index (κ2) is 7.52. The number of hydrogen-bond donors (Lipinski definition) is 2. The molecule has 0 saturated carbocycles. The topological polar surface area (TPSA) is 77.2 Å². The molecule has 3 N–H and O–H groups in total. The van der Waals surface area contributed by atoms with Crippen LogP contribution in [0.1, 0.15) is 12.5 Å². The van der Waals surface area contributed by atoms with Crippen LogP contribution in [0.3, 0.4) is 0 Å². The summed E-state index contributed by atoms with van der Waals surface area (Å²) in [6.07, 6.45) is 2.82. The molecular formula is C16H19N3O2. The number of rotatable bonds is 6. The molecule has 0 aliphatic rings. The van der Waals surface area contributed by atoms with Gasteiger partial charge in [0.25, 0.3) is 0 Å². The summed E-state index contributed by atoms with van der Waals surface area (Å²) < 4.78 is 5.65. The Labute approximate surface area is 124 Å². The molecule has 1 aromatic heterocycles. The maximum Gasteiger partial charge on any atom is 0.244 e. The maximum atomic E-state index is 12.0. The Bertz CT molecular complexity index is 560. The Morgan fingerprint density at radius 1 is 1.29 bits per heavy atom. The largest absolute Gasteiger partial charge is 0.372 e. The highest BCUT2D eigenvalue weighted by Gasteiger charge is 2.21. The van der Waals surface area contributed by atoms with Gasteiger partial charge in [-0.05, 0) is 24.6 Å². The molecule has 110 valence electrons. The average molecular weight is 285 g/mol. The number of benzene rings is 1. The highest BCUT2D eigenvalue weighted by Crippen LogP contribution is 2.08. The molecule has 0 radical (unpaired) electrons. The molecule has 0 unspecified atom stereocenters. The molecule has 0 saturated heterocycles. The zero-order valence-corrected chi connectivity index (χ0v) is 11.9. The van der Waals surface area contributed by atoms with Gasteiger partial charge in [0, 0.05) is 6.20 Å². The summed E-state index contributed by atoms with van der Waals surface area (Å²) in [4.78, 5) is 16.0. The van der Waals surface area contributed by atoms with Crippen LogP contribution in [0, 0.1) is 0 Å². The van der Waals surface area contributed by atoms with Crippen LogP contribution >= 0.6 is 0 Å². The number of nitrogens with one attached hydrogen (secondary N) is 1. The van der Waals surface area contributed by atoms with Crippen LogP contribution < -0.4 is 11.1 Å². The fraction of sp³-hybridized carbons (Fsp3) is 0.250. The monoisotopic (exact) mass is 285 g/mol. The molecule has 0 aliphatic carbocycles. The Kier molecular flexibility index (Phi) is 5.43. The molecule has 5 nitrogen and oxygen atoms in total. The first-order valence-electron chi connectivity index (χ1n) is 6.79. The van der Waals surface area contributed by atoms with Crippen molar-refractivity contribution in [2.45, 2.75) is 25.7 Å². The molecule has 21 heavy (non-hydrogen) atoms. The first kappa shape index (κ1) is 15.2. The summed E-state index contributed by atoms with van der Waals surface area (Å²) in [6.45, 7) is 2.21. The van der Waals surface area contributed by atoms with Gasteiger partial charge in [-0.2, -0.15) is 0 Å². The Morgan fingerprint density at radius 2 is 2.05 bits per heavy atom. The van der Waals surface area contributed by atoms with Gasteiger partial charge < -0.3 is 15.8 Å². The van der Waals surface area contributed by atoms with E-state index in [1.54, 1.807) is 31.5 Å². The van der Waals surface area contributed by atoms with Gasteiger partial charge in [-0.1, -0.05) is 30.3 Å². The average Bonchev–Trinajstić information content (AvgIpc) is 2.53. The fourth-order valence-corrected chi connectivity index (χ4v) is 1.78. The van der Waals surface area contributed by atoms with Crippen molar-refractivity contribution in [1.29, 1.82) is 0 Å². The lowest BCUT2D eigenvalue weighted by Gasteiger charge is -2.20. The number of nitrogens with two attached hydrogens (primary N) is 1. The molecule has 0 fully saturated rings. The van der Waals surface area contributed by atoms with Crippen LogP contribution in [-0.4, -0.2) is 23.0 Å². The third-order valence-electron chi connectivity index (χ3n) is 3.09. The minimum Gasteiger partial charge on any atom is -0.372 e. The van der Waals surface area contributed by atoms with E-state index in [-0.39, 0.29) is 12.0 Å². The first-order chi connectivity index (χ1) is 10.2. The Balaban J connectivity index is 1.84. The van der Waals surface area contributed by atoms with Crippen LogP contribution in [0.2, 0.25) is 0 Å². The molecule has 0 bridgehead atoms. The van der Waals surface area contributed by atoms with Gasteiger partial charge in [-0.25, -0.2) is 0 Å². The minimum absolute atomic E-state index is 0.288. The SMILES string of the molecule is C[C@H](OCc1ccccc1)[C@@H](N)C(=O)Nc1cccnc1. The molecule has 5 heteroatoms. The molecule has 2 aromatic rings. The van der Waals surface area contributed by atoms with Crippen LogP contribution in [-0.2, 0) is 16.1 Å². The number of hydrogen-bond acceptors (Lipinski definition) is 4. The van der Waals surface area contributed by atoms with Gasteiger partial charge in [0.2, 0.25) is 5.91 Å². The predicted molar refractivity (Wildman–Crippen MR) is 81.5 cm³/mol. The predicted octanol–water partition coefficient (Wildman–Crippen LogP) is 1.95. The Morgan fingerprint density at radius 3 is 2.71 bits per heavy atom. The van der Waals surface area contributed by atoms with Crippen LogP contribution in [0.4, 0.5) is 5.69 Å². The number of carbonyl (C=O) groups is 1. The van der Waals surface area contributed by atoms with E-state index in [0.29, 0.717) is 12.3 Å². The van der Waals surface area contributed by atoms with Crippen molar-refractivity contribution >= 4 is 11.6 Å². The number of aromatic nitrogens is 1. The number of amides is 1. The third-order valence-corrected chi connectivity index (χ3v) is 3.09. The van der Waals surface area contributed by atoms with E-state index in [2.05, 4.69) is 10.3 Å². The van der Waals surface area contributed by atoms with Gasteiger partial charge in [0.1, 0.15) is 6.04 Å². The standard InChI is InChI=1S/C16H19N3O2/c1-12(21-11-13-6-3-2-4-7-13)15(17)16(20)19-14-8-5-9-18-10-14/h2-10,12,15H,11,17H2,1H3,(H,19,20)/t12-,15+/m0/s1. The quantitative estimate of drug-likeness (QED) is 0.850. The van der Waals surface area contributed by atoms with E-state index < -0.39 is 6.04 Å². The number of carbonyl (C=O) groups excluding carboxylic acids is 1. The molecule has 0 spiro atoms. The van der Waals surface area contributed by atoms with Crippen molar-refractivity contribution in [3.63, 3.8) is 0 Å². The second-order valence-electron chi connectivity index (χ2n) is 4.76. The number of ether oxygens (including phenoxy) is 1. The second-order valence-corrected chi connectivity index (χ2v) is 4.76. The smallest absolute Gasteiger partial charge is 0.244 e. The summed E-state index contributed by atoms with van der Waals surface area (Å²) >= 11 is 0. The normalized spacial score (nSPS) is 13.4. The summed E-state index contributed by atoms with van der Waals surface area (Å²) in [7, 11) is 0. The zero-order chi connectivity index (χ0) is 15.1. The molecule has 1 heterocycles. The van der Waals surface area contributed by atoms with E-state index in [1.807, 2.05) is 30.3 Å². The van der Waals surface area contributed by atoms with Crippen molar-refractivity contribution in [3.8, 4) is 0 Å². The zero-order valence-electron chi connectivity index (χ0n) is 11.9. The van der Waals surface area contributed by atoms with Gasteiger partial charge in [0.15, 0.2) is 0 Å². The highest BCUT2D eigenvalue weighted by molar-refractivity contribution is 5.94. The summed E-state index contributed by atoms with van der Waals surface area (Å²) in [5, 5.41) is 2.71. The number of pyridine rings is 1. The molecule has 0 aliphatic heterocycles. The number of nitrogens with zero attached hydrogens (tertiary/aromatic N) is 1. The number of anilines is 1. The first-order valence-corrected chi connectivity index (χ1v) is 6.79. The fourth-order valence-electron chi connectivity index (χ4n) is 1.78. The van der Waals surface area contributed by atoms with Crippen LogP contribution in [0.5, 0.6) is 0 Å². The van der Waals surface area contributed by atoms with E-state index >= 15 is 0 Å². The summed E-state index contributed by atoms with van der Waals surface area (Å²) in [5.74, 6) is -0.288. The molecule has 1 amide bonds. The van der Waals surface area contributed by atoms with Crippen molar-refractivity contribution in [1.82, 2.24) is 4.98 Å². The molecule has 2 rings (SSSR count). The highest BCUT2D eigenvalue weighted by atomic mass is 16.5.